The third-order valence-corrected chi connectivity index (χ3v) is 4.71. The molecule has 1 N–H and O–H groups in total. The maximum Gasteiger partial charge on any atom is 0.0325 e. The summed E-state index contributed by atoms with van der Waals surface area (Å²) in [4.78, 5) is 0. The summed E-state index contributed by atoms with van der Waals surface area (Å²) in [5, 5.41) is 3.82. The fraction of sp³-hybridized carbons (Fsp3) is 0.368. The van der Waals surface area contributed by atoms with E-state index in [1.165, 1.54) is 42.4 Å². The molecule has 1 saturated carbocycles. The minimum Gasteiger partial charge on any atom is -0.307 e. The van der Waals surface area contributed by atoms with Gasteiger partial charge in [0.2, 0.25) is 0 Å². The van der Waals surface area contributed by atoms with E-state index in [0.29, 0.717) is 12.0 Å². The summed E-state index contributed by atoms with van der Waals surface area (Å²) in [6.07, 6.45) is 5.24. The van der Waals surface area contributed by atoms with E-state index in [0.717, 1.165) is 6.04 Å². The first-order chi connectivity index (χ1) is 9.92. The standard InChI is InChI=1S/C19H21N/c1-2-6-14(7-3-1)16-12-13-19(20-15-10-11-15)18-9-5-4-8-17(16)18/h1-9,15-16,19-20H,10-13H2/t16-,19-/m0/s1. The molecular weight excluding hydrogens is 242 g/mol. The molecule has 1 nitrogen and oxygen atoms in total. The van der Waals surface area contributed by atoms with Crippen LogP contribution in [-0.2, 0) is 0 Å². The minimum atomic E-state index is 0.568. The van der Waals surface area contributed by atoms with Gasteiger partial charge in [0.05, 0.1) is 0 Å². The number of hydrogen-bond acceptors (Lipinski definition) is 1. The first-order valence-electron chi connectivity index (χ1n) is 7.81. The van der Waals surface area contributed by atoms with Crippen molar-refractivity contribution in [3.63, 3.8) is 0 Å². The average molecular weight is 263 g/mol. The molecule has 1 heteroatoms. The van der Waals surface area contributed by atoms with Gasteiger partial charge in [-0.2, -0.15) is 0 Å². The van der Waals surface area contributed by atoms with Gasteiger partial charge >= 0.3 is 0 Å². The van der Waals surface area contributed by atoms with Crippen molar-refractivity contribution in [2.75, 3.05) is 0 Å². The fourth-order valence-corrected chi connectivity index (χ4v) is 3.53. The Hall–Kier alpha value is -1.60. The Morgan fingerprint density at radius 3 is 2.15 bits per heavy atom. The van der Waals surface area contributed by atoms with E-state index in [1.807, 2.05) is 0 Å². The van der Waals surface area contributed by atoms with Gasteiger partial charge in [-0.1, -0.05) is 54.6 Å². The van der Waals surface area contributed by atoms with Gasteiger partial charge in [0.1, 0.15) is 0 Å². The van der Waals surface area contributed by atoms with Gasteiger partial charge in [-0.3, -0.25) is 0 Å². The molecule has 102 valence electrons. The SMILES string of the molecule is c1ccc([C@@H]2CC[C@H](NC3CC3)c3ccccc32)cc1. The Morgan fingerprint density at radius 2 is 1.40 bits per heavy atom. The monoisotopic (exact) mass is 263 g/mol. The van der Waals surface area contributed by atoms with Crippen molar-refractivity contribution in [2.45, 2.75) is 43.7 Å². The molecule has 0 radical (unpaired) electrons. The third kappa shape index (κ3) is 2.27. The van der Waals surface area contributed by atoms with E-state index in [-0.39, 0.29) is 0 Å². The highest BCUT2D eigenvalue weighted by Crippen LogP contribution is 2.42. The van der Waals surface area contributed by atoms with Gasteiger partial charge in [-0.05, 0) is 42.4 Å². The molecule has 0 aliphatic heterocycles. The number of fused-ring (bicyclic) bond motifs is 1. The second kappa shape index (κ2) is 5.06. The van der Waals surface area contributed by atoms with Gasteiger partial charge in [0, 0.05) is 18.0 Å². The van der Waals surface area contributed by atoms with Crippen molar-refractivity contribution < 1.29 is 0 Å². The van der Waals surface area contributed by atoms with E-state index >= 15 is 0 Å². The van der Waals surface area contributed by atoms with Crippen LogP contribution in [0.25, 0.3) is 0 Å². The molecule has 0 saturated heterocycles. The van der Waals surface area contributed by atoms with Gasteiger partial charge in [-0.15, -0.1) is 0 Å². The highest BCUT2D eigenvalue weighted by Gasteiger charge is 2.31. The molecule has 2 aliphatic rings. The van der Waals surface area contributed by atoms with E-state index in [2.05, 4.69) is 59.9 Å². The van der Waals surface area contributed by atoms with Crippen LogP contribution in [0.5, 0.6) is 0 Å². The van der Waals surface area contributed by atoms with Gasteiger partial charge in [-0.25, -0.2) is 0 Å². The number of benzene rings is 2. The maximum atomic E-state index is 3.82. The Labute approximate surface area is 121 Å². The Balaban J connectivity index is 1.69. The predicted octanol–water partition coefficient (Wildman–Crippen LogP) is 4.41. The molecular formula is C19H21N. The first-order valence-corrected chi connectivity index (χ1v) is 7.81. The van der Waals surface area contributed by atoms with Crippen LogP contribution in [0.3, 0.4) is 0 Å². The van der Waals surface area contributed by atoms with Gasteiger partial charge in [0.15, 0.2) is 0 Å². The van der Waals surface area contributed by atoms with Crippen molar-refractivity contribution in [2.24, 2.45) is 0 Å². The average Bonchev–Trinajstić information content (AvgIpc) is 3.33. The summed E-state index contributed by atoms with van der Waals surface area (Å²) >= 11 is 0. The highest BCUT2D eigenvalue weighted by atomic mass is 15.0. The molecule has 1 fully saturated rings. The van der Waals surface area contributed by atoms with E-state index in [1.54, 1.807) is 0 Å². The summed E-state index contributed by atoms with van der Waals surface area (Å²) < 4.78 is 0. The molecule has 4 rings (SSSR count). The smallest absolute Gasteiger partial charge is 0.0325 e. The van der Waals surface area contributed by atoms with Crippen molar-refractivity contribution >= 4 is 0 Å². The van der Waals surface area contributed by atoms with Crippen LogP contribution in [0, 0.1) is 0 Å². The van der Waals surface area contributed by atoms with Crippen LogP contribution < -0.4 is 5.32 Å². The van der Waals surface area contributed by atoms with E-state index < -0.39 is 0 Å². The highest BCUT2D eigenvalue weighted by molar-refractivity contribution is 5.41. The van der Waals surface area contributed by atoms with Crippen LogP contribution in [0.4, 0.5) is 0 Å². The molecule has 0 aromatic heterocycles. The predicted molar refractivity (Wildman–Crippen MR) is 82.9 cm³/mol. The Morgan fingerprint density at radius 1 is 0.700 bits per heavy atom. The quantitative estimate of drug-likeness (QED) is 0.865. The molecule has 2 atom stereocenters. The summed E-state index contributed by atoms with van der Waals surface area (Å²) in [7, 11) is 0. The lowest BCUT2D eigenvalue weighted by Gasteiger charge is -2.32. The summed E-state index contributed by atoms with van der Waals surface area (Å²) in [6, 6.07) is 21.3. The zero-order valence-corrected chi connectivity index (χ0v) is 11.8. The van der Waals surface area contributed by atoms with Crippen LogP contribution in [0.2, 0.25) is 0 Å². The van der Waals surface area contributed by atoms with Gasteiger partial charge < -0.3 is 5.32 Å². The largest absolute Gasteiger partial charge is 0.307 e. The van der Waals surface area contributed by atoms with E-state index in [4.69, 9.17) is 0 Å². The second-order valence-corrected chi connectivity index (χ2v) is 6.16. The van der Waals surface area contributed by atoms with Crippen molar-refractivity contribution in [1.82, 2.24) is 5.32 Å². The Kier molecular flexibility index (Phi) is 3.08. The molecule has 2 aromatic carbocycles. The molecule has 0 spiro atoms. The molecule has 0 heterocycles. The third-order valence-electron chi connectivity index (χ3n) is 4.71. The molecule has 0 unspecified atom stereocenters. The topological polar surface area (TPSA) is 12.0 Å². The minimum absolute atomic E-state index is 0.568. The number of nitrogens with one attached hydrogen (secondary N) is 1. The molecule has 20 heavy (non-hydrogen) atoms. The molecule has 2 aliphatic carbocycles. The van der Waals surface area contributed by atoms with Crippen LogP contribution >= 0.6 is 0 Å². The van der Waals surface area contributed by atoms with Crippen molar-refractivity contribution in [3.05, 3.63) is 71.3 Å². The summed E-state index contributed by atoms with van der Waals surface area (Å²) in [6.45, 7) is 0. The second-order valence-electron chi connectivity index (χ2n) is 6.16. The number of hydrogen-bond donors (Lipinski definition) is 1. The first kappa shape index (κ1) is 12.2. The molecule has 0 bridgehead atoms. The van der Waals surface area contributed by atoms with Crippen molar-refractivity contribution in [3.8, 4) is 0 Å². The lowest BCUT2D eigenvalue weighted by molar-refractivity contribution is 0.438. The van der Waals surface area contributed by atoms with Crippen molar-refractivity contribution in [1.29, 1.82) is 0 Å². The normalized spacial score (nSPS) is 25.2. The zero-order valence-electron chi connectivity index (χ0n) is 11.8. The molecule has 0 amide bonds. The summed E-state index contributed by atoms with van der Waals surface area (Å²) in [5.41, 5.74) is 4.52. The lowest BCUT2D eigenvalue weighted by atomic mass is 9.77. The summed E-state index contributed by atoms with van der Waals surface area (Å²) in [5.74, 6) is 0.574. The zero-order chi connectivity index (χ0) is 13.4. The van der Waals surface area contributed by atoms with Crippen LogP contribution in [0.15, 0.2) is 54.6 Å². The van der Waals surface area contributed by atoms with Gasteiger partial charge in [0.25, 0.3) is 0 Å². The van der Waals surface area contributed by atoms with Crippen LogP contribution in [-0.4, -0.2) is 6.04 Å². The number of rotatable bonds is 3. The maximum absolute atomic E-state index is 3.82. The van der Waals surface area contributed by atoms with E-state index in [9.17, 15) is 0 Å². The lowest BCUT2D eigenvalue weighted by Crippen LogP contribution is -2.28. The Bertz CT molecular complexity index is 586. The fourth-order valence-electron chi connectivity index (χ4n) is 3.53. The van der Waals surface area contributed by atoms with Crippen LogP contribution in [0.1, 0.15) is 54.3 Å². The molecule has 2 aromatic rings.